The molecule has 2 amide bonds. The molecule has 0 aliphatic carbocycles. The van der Waals surface area contributed by atoms with Crippen molar-refractivity contribution >= 4 is 23.4 Å². The van der Waals surface area contributed by atoms with E-state index in [0.29, 0.717) is 36.2 Å². The van der Waals surface area contributed by atoms with Gasteiger partial charge in [-0.1, -0.05) is 62.7 Å². The second-order valence-electron chi connectivity index (χ2n) is 10.7. The molecule has 2 atom stereocenters. The van der Waals surface area contributed by atoms with Crippen LogP contribution in [0.25, 0.3) is 11.4 Å². The van der Waals surface area contributed by atoms with Crippen molar-refractivity contribution in [2.24, 2.45) is 11.3 Å². The first kappa shape index (κ1) is 26.9. The molecule has 0 unspecified atom stereocenters. The molecule has 0 radical (unpaired) electrons. The van der Waals surface area contributed by atoms with E-state index in [1.165, 1.54) is 0 Å². The number of carbonyl (C=O) groups is 2. The van der Waals surface area contributed by atoms with E-state index in [1.807, 2.05) is 12.1 Å². The smallest absolute Gasteiger partial charge is 0.249 e. The van der Waals surface area contributed by atoms with Crippen LogP contribution in [-0.2, 0) is 9.59 Å². The molecule has 1 saturated heterocycles. The van der Waals surface area contributed by atoms with Crippen LogP contribution in [0.5, 0.6) is 0 Å². The summed E-state index contributed by atoms with van der Waals surface area (Å²) in [6.07, 6.45) is 5.62. The van der Waals surface area contributed by atoms with Crippen LogP contribution < -0.4 is 0 Å². The molecule has 7 nitrogen and oxygen atoms in total. The molecule has 0 bridgehead atoms. The minimum absolute atomic E-state index is 0.0128. The number of aromatic nitrogens is 2. The zero-order valence-electron chi connectivity index (χ0n) is 21.3. The third-order valence-electron chi connectivity index (χ3n) is 6.14. The molecule has 3 rings (SSSR count). The second-order valence-corrected chi connectivity index (χ2v) is 11.1. The first-order valence-electron chi connectivity index (χ1n) is 12.3. The van der Waals surface area contributed by atoms with Gasteiger partial charge >= 0.3 is 0 Å². The van der Waals surface area contributed by atoms with Crippen LogP contribution in [0, 0.1) is 11.3 Å². The van der Waals surface area contributed by atoms with E-state index in [1.54, 1.807) is 28.0 Å². The molecule has 190 valence electrons. The van der Waals surface area contributed by atoms with E-state index in [9.17, 15) is 9.59 Å². The number of hydrogen-bond donors (Lipinski definition) is 0. The molecule has 1 fully saturated rings. The summed E-state index contributed by atoms with van der Waals surface area (Å²) in [5.74, 6) is 0.946. The molecule has 0 saturated carbocycles. The Morgan fingerprint density at radius 2 is 2.11 bits per heavy atom. The first-order valence-corrected chi connectivity index (χ1v) is 12.7. The molecule has 0 N–H and O–H groups in total. The maximum atomic E-state index is 13.4. The molecular formula is C27H37ClN4O3. The van der Waals surface area contributed by atoms with Crippen LogP contribution in [0.4, 0.5) is 0 Å². The van der Waals surface area contributed by atoms with E-state index in [2.05, 4.69) is 44.4 Å². The van der Waals surface area contributed by atoms with Gasteiger partial charge in [-0.3, -0.25) is 9.59 Å². The van der Waals surface area contributed by atoms with Gasteiger partial charge < -0.3 is 14.3 Å². The van der Waals surface area contributed by atoms with E-state index >= 15 is 0 Å². The number of rotatable bonds is 9. The SMILES string of the molecule is C=CCN(CC(=O)N1CCCC[C@@H]1c1nc(-c2cccc(Cl)c2)no1)C(=O)C[C@H](C)CC(C)(C)C. The summed E-state index contributed by atoms with van der Waals surface area (Å²) < 4.78 is 5.58. The minimum atomic E-state index is -0.308. The van der Waals surface area contributed by atoms with Crippen LogP contribution >= 0.6 is 11.6 Å². The second kappa shape index (κ2) is 11.8. The highest BCUT2D eigenvalue weighted by molar-refractivity contribution is 6.30. The van der Waals surface area contributed by atoms with Crippen LogP contribution in [0.3, 0.4) is 0 Å². The number of piperidine rings is 1. The lowest BCUT2D eigenvalue weighted by Gasteiger charge is -2.35. The lowest BCUT2D eigenvalue weighted by atomic mass is 9.84. The number of carbonyl (C=O) groups excluding carboxylic acids is 2. The van der Waals surface area contributed by atoms with Gasteiger partial charge in [0.2, 0.25) is 23.5 Å². The Kier molecular flexibility index (Phi) is 9.11. The molecule has 8 heteroatoms. The molecular weight excluding hydrogens is 464 g/mol. The Morgan fingerprint density at radius 1 is 1.34 bits per heavy atom. The van der Waals surface area contributed by atoms with Crippen molar-refractivity contribution in [3.63, 3.8) is 0 Å². The summed E-state index contributed by atoms with van der Waals surface area (Å²) in [4.78, 5) is 34.4. The van der Waals surface area contributed by atoms with Gasteiger partial charge in [0.05, 0.1) is 0 Å². The number of hydrogen-bond acceptors (Lipinski definition) is 5. The van der Waals surface area contributed by atoms with E-state index < -0.39 is 0 Å². The van der Waals surface area contributed by atoms with Gasteiger partial charge in [0.25, 0.3) is 0 Å². The zero-order chi connectivity index (χ0) is 25.6. The quantitative estimate of drug-likeness (QED) is 0.399. The molecule has 2 aromatic rings. The van der Waals surface area contributed by atoms with Crippen molar-refractivity contribution < 1.29 is 14.1 Å². The van der Waals surface area contributed by atoms with Crippen molar-refractivity contribution in [1.82, 2.24) is 19.9 Å². The Hall–Kier alpha value is -2.67. The van der Waals surface area contributed by atoms with Crippen LogP contribution in [0.1, 0.15) is 71.7 Å². The Morgan fingerprint density at radius 3 is 2.80 bits per heavy atom. The predicted octanol–water partition coefficient (Wildman–Crippen LogP) is 5.92. The third-order valence-corrected chi connectivity index (χ3v) is 6.38. The van der Waals surface area contributed by atoms with Crippen LogP contribution in [0.2, 0.25) is 5.02 Å². The molecule has 0 spiro atoms. The summed E-state index contributed by atoms with van der Waals surface area (Å²) in [5.41, 5.74) is 0.904. The van der Waals surface area contributed by atoms with Gasteiger partial charge in [0.15, 0.2) is 0 Å². The molecule has 1 aliphatic heterocycles. The standard InChI is InChI=1S/C27H37ClN4O3/c1-6-13-31(23(33)15-19(2)17-27(3,4)5)18-24(34)32-14-8-7-12-22(32)26-29-25(30-35-26)20-10-9-11-21(28)16-20/h6,9-11,16,19,22H,1,7-8,12-15,17-18H2,2-5H3/t19-,22+/m0/s1. The summed E-state index contributed by atoms with van der Waals surface area (Å²) in [7, 11) is 0. The number of amides is 2. The van der Waals surface area contributed by atoms with Gasteiger partial charge in [0.1, 0.15) is 12.6 Å². The molecule has 2 heterocycles. The van der Waals surface area contributed by atoms with Gasteiger partial charge in [-0.2, -0.15) is 4.98 Å². The van der Waals surface area contributed by atoms with Crippen molar-refractivity contribution in [2.45, 2.75) is 65.8 Å². The van der Waals surface area contributed by atoms with Gasteiger partial charge in [0, 0.05) is 30.1 Å². The topological polar surface area (TPSA) is 79.5 Å². The van der Waals surface area contributed by atoms with E-state index in [0.717, 1.165) is 31.2 Å². The van der Waals surface area contributed by atoms with Crippen molar-refractivity contribution in [1.29, 1.82) is 0 Å². The van der Waals surface area contributed by atoms with Crippen LogP contribution in [0.15, 0.2) is 41.4 Å². The van der Waals surface area contributed by atoms with E-state index in [4.69, 9.17) is 16.1 Å². The maximum Gasteiger partial charge on any atom is 0.249 e. The van der Waals surface area contributed by atoms with Crippen LogP contribution in [-0.4, -0.2) is 51.4 Å². The van der Waals surface area contributed by atoms with Crippen molar-refractivity contribution in [3.8, 4) is 11.4 Å². The van der Waals surface area contributed by atoms with Crippen molar-refractivity contribution in [2.75, 3.05) is 19.6 Å². The number of nitrogens with zero attached hydrogens (tertiary/aromatic N) is 4. The highest BCUT2D eigenvalue weighted by Gasteiger charge is 2.33. The largest absolute Gasteiger partial charge is 0.337 e. The number of halogens is 1. The first-order chi connectivity index (χ1) is 16.6. The normalized spacial score (nSPS) is 17.2. The highest BCUT2D eigenvalue weighted by Crippen LogP contribution is 2.32. The molecule has 35 heavy (non-hydrogen) atoms. The highest BCUT2D eigenvalue weighted by atomic mass is 35.5. The minimum Gasteiger partial charge on any atom is -0.337 e. The lowest BCUT2D eigenvalue weighted by molar-refractivity contribution is -0.143. The fourth-order valence-electron chi connectivity index (χ4n) is 4.81. The van der Waals surface area contributed by atoms with E-state index in [-0.39, 0.29) is 35.7 Å². The monoisotopic (exact) mass is 500 g/mol. The predicted molar refractivity (Wildman–Crippen MR) is 138 cm³/mol. The van der Waals surface area contributed by atoms with Gasteiger partial charge in [-0.05, 0) is 49.1 Å². The number of benzene rings is 1. The van der Waals surface area contributed by atoms with Crippen molar-refractivity contribution in [3.05, 3.63) is 47.8 Å². The Balaban J connectivity index is 1.71. The zero-order valence-corrected chi connectivity index (χ0v) is 22.1. The third kappa shape index (κ3) is 7.66. The number of likely N-dealkylation sites (tertiary alicyclic amines) is 1. The fraction of sp³-hybridized carbons (Fsp3) is 0.556. The summed E-state index contributed by atoms with van der Waals surface area (Å²) in [6.45, 7) is 13.3. The molecule has 1 aromatic heterocycles. The summed E-state index contributed by atoms with van der Waals surface area (Å²) in [5, 5.41) is 4.71. The lowest BCUT2D eigenvalue weighted by Crippen LogP contribution is -2.46. The summed E-state index contributed by atoms with van der Waals surface area (Å²) in [6, 6.07) is 6.95. The Labute approximate surface area is 213 Å². The average Bonchev–Trinajstić information content (AvgIpc) is 3.27. The summed E-state index contributed by atoms with van der Waals surface area (Å²) >= 11 is 6.10. The average molecular weight is 501 g/mol. The molecule has 1 aliphatic rings. The molecule has 1 aromatic carbocycles. The Bertz CT molecular complexity index is 1030. The fourth-order valence-corrected chi connectivity index (χ4v) is 5.00. The maximum absolute atomic E-state index is 13.4. The van der Waals surface area contributed by atoms with Gasteiger partial charge in [-0.25, -0.2) is 0 Å². The van der Waals surface area contributed by atoms with Gasteiger partial charge in [-0.15, -0.1) is 6.58 Å².